The van der Waals surface area contributed by atoms with Gasteiger partial charge in [-0.05, 0) is 25.0 Å². The van der Waals surface area contributed by atoms with Gasteiger partial charge in [-0.3, -0.25) is 0 Å². The van der Waals surface area contributed by atoms with Crippen molar-refractivity contribution in [3.8, 4) is 0 Å². The van der Waals surface area contributed by atoms with E-state index < -0.39 is 12.1 Å². The molecule has 0 bridgehead atoms. The first-order valence-electron chi connectivity index (χ1n) is 5.76. The maximum absolute atomic E-state index is 13.6. The molecule has 0 aromatic heterocycles. The molecule has 0 aliphatic rings. The summed E-state index contributed by atoms with van der Waals surface area (Å²) in [5, 5.41) is 9.80. The third-order valence-electron chi connectivity index (χ3n) is 2.78. The minimum absolute atomic E-state index is 0. The fourth-order valence-corrected chi connectivity index (χ4v) is 1.70. The molecule has 4 heteroatoms. The van der Waals surface area contributed by atoms with Gasteiger partial charge in [0.15, 0.2) is 0 Å². The molecule has 0 saturated heterocycles. The Hall–Kier alpha value is -0.640. The molecule has 1 aromatic rings. The van der Waals surface area contributed by atoms with Crippen molar-refractivity contribution in [2.75, 3.05) is 0 Å². The molecule has 0 fully saturated rings. The Morgan fingerprint density at radius 3 is 2.59 bits per heavy atom. The number of unbranched alkanes of at least 4 members (excludes halogenated alkanes) is 1. The van der Waals surface area contributed by atoms with Crippen LogP contribution in [0, 0.1) is 12.7 Å². The van der Waals surface area contributed by atoms with E-state index in [9.17, 15) is 9.50 Å². The fraction of sp³-hybridized carbons (Fsp3) is 0.538. The van der Waals surface area contributed by atoms with Crippen LogP contribution in [0.25, 0.3) is 0 Å². The summed E-state index contributed by atoms with van der Waals surface area (Å²) < 4.78 is 13.6. The molecule has 3 N–H and O–H groups in total. The molecule has 0 aliphatic carbocycles. The Balaban J connectivity index is 0.00000256. The average molecular weight is 262 g/mol. The number of aliphatic hydroxyl groups excluding tert-OH is 1. The first kappa shape index (κ1) is 16.4. The zero-order valence-electron chi connectivity index (χ0n) is 10.3. The normalized spacial score (nSPS) is 13.9. The van der Waals surface area contributed by atoms with Crippen molar-refractivity contribution < 1.29 is 9.50 Å². The zero-order valence-corrected chi connectivity index (χ0v) is 11.1. The molecule has 0 spiro atoms. The van der Waals surface area contributed by atoms with Crippen LogP contribution >= 0.6 is 12.4 Å². The molecule has 98 valence electrons. The van der Waals surface area contributed by atoms with Crippen LogP contribution in [0.1, 0.15) is 43.4 Å². The minimum atomic E-state index is -0.669. The van der Waals surface area contributed by atoms with Gasteiger partial charge < -0.3 is 10.8 Å². The van der Waals surface area contributed by atoms with Crippen LogP contribution in [0.2, 0.25) is 0 Å². The van der Waals surface area contributed by atoms with Crippen LogP contribution in [-0.2, 0) is 0 Å². The summed E-state index contributed by atoms with van der Waals surface area (Å²) >= 11 is 0. The third kappa shape index (κ3) is 4.62. The predicted octanol–water partition coefficient (Wildman–Crippen LogP) is 3.11. The first-order valence-corrected chi connectivity index (χ1v) is 5.76. The summed E-state index contributed by atoms with van der Waals surface area (Å²) in [4.78, 5) is 0. The van der Waals surface area contributed by atoms with Gasteiger partial charge in [0.25, 0.3) is 0 Å². The molecule has 0 radical (unpaired) electrons. The van der Waals surface area contributed by atoms with Gasteiger partial charge in [-0.15, -0.1) is 12.4 Å². The number of aliphatic hydroxyl groups is 1. The van der Waals surface area contributed by atoms with Crippen LogP contribution < -0.4 is 5.73 Å². The second kappa shape index (κ2) is 7.64. The van der Waals surface area contributed by atoms with E-state index >= 15 is 0 Å². The second-order valence-corrected chi connectivity index (χ2v) is 4.26. The lowest BCUT2D eigenvalue weighted by Gasteiger charge is -2.19. The summed E-state index contributed by atoms with van der Waals surface area (Å²) in [5.41, 5.74) is 7.10. The average Bonchev–Trinajstić information content (AvgIpc) is 2.25. The number of halogens is 2. The minimum Gasteiger partial charge on any atom is -0.391 e. The van der Waals surface area contributed by atoms with E-state index in [1.807, 2.05) is 19.9 Å². The smallest absolute Gasteiger partial charge is 0.128 e. The van der Waals surface area contributed by atoms with Crippen LogP contribution in [0.4, 0.5) is 4.39 Å². The number of hydrogen-bond acceptors (Lipinski definition) is 2. The van der Waals surface area contributed by atoms with Gasteiger partial charge in [0, 0.05) is 5.56 Å². The maximum atomic E-state index is 13.6. The Kier molecular flexibility index (Phi) is 7.35. The van der Waals surface area contributed by atoms with Crippen molar-refractivity contribution in [2.45, 2.75) is 45.3 Å². The second-order valence-electron chi connectivity index (χ2n) is 4.26. The first-order chi connectivity index (χ1) is 7.56. The van der Waals surface area contributed by atoms with Crippen molar-refractivity contribution in [1.29, 1.82) is 0 Å². The summed E-state index contributed by atoms with van der Waals surface area (Å²) in [6.45, 7) is 3.87. The monoisotopic (exact) mass is 261 g/mol. The molecule has 0 aliphatic heterocycles. The Morgan fingerprint density at radius 2 is 2.06 bits per heavy atom. The van der Waals surface area contributed by atoms with Crippen molar-refractivity contribution >= 4 is 12.4 Å². The molecule has 1 aromatic carbocycles. The van der Waals surface area contributed by atoms with E-state index in [-0.39, 0.29) is 18.2 Å². The summed E-state index contributed by atoms with van der Waals surface area (Å²) in [7, 11) is 0. The highest BCUT2D eigenvalue weighted by Crippen LogP contribution is 2.21. The highest BCUT2D eigenvalue weighted by atomic mass is 35.5. The SMILES string of the molecule is CCCC[C@@H](O)[C@@H](N)c1ccc(C)cc1F.Cl. The Labute approximate surface area is 108 Å². The Bertz CT molecular complexity index is 346. The van der Waals surface area contributed by atoms with Gasteiger partial charge in [-0.2, -0.15) is 0 Å². The highest BCUT2D eigenvalue weighted by molar-refractivity contribution is 5.85. The van der Waals surface area contributed by atoms with E-state index in [0.717, 1.165) is 18.4 Å². The van der Waals surface area contributed by atoms with Gasteiger partial charge >= 0.3 is 0 Å². The largest absolute Gasteiger partial charge is 0.391 e. The standard InChI is InChI=1S/C13H20FNO.ClH/c1-3-4-5-12(16)13(15)10-7-6-9(2)8-11(10)14;/h6-8,12-13,16H,3-5,15H2,1-2H3;1H/t12-,13+;/m1./s1. The zero-order chi connectivity index (χ0) is 12.1. The van der Waals surface area contributed by atoms with Gasteiger partial charge in [0.2, 0.25) is 0 Å². The Morgan fingerprint density at radius 1 is 1.41 bits per heavy atom. The van der Waals surface area contributed by atoms with E-state index in [1.165, 1.54) is 6.07 Å². The fourth-order valence-electron chi connectivity index (χ4n) is 1.70. The van der Waals surface area contributed by atoms with E-state index in [0.29, 0.717) is 12.0 Å². The van der Waals surface area contributed by atoms with Crippen LogP contribution in [-0.4, -0.2) is 11.2 Å². The topological polar surface area (TPSA) is 46.2 Å². The molecule has 0 unspecified atom stereocenters. The lowest BCUT2D eigenvalue weighted by molar-refractivity contribution is 0.131. The molecular weight excluding hydrogens is 241 g/mol. The number of benzene rings is 1. The van der Waals surface area contributed by atoms with E-state index in [4.69, 9.17) is 5.73 Å². The van der Waals surface area contributed by atoms with Crippen molar-refractivity contribution in [1.82, 2.24) is 0 Å². The van der Waals surface area contributed by atoms with Crippen LogP contribution in [0.15, 0.2) is 18.2 Å². The van der Waals surface area contributed by atoms with Crippen molar-refractivity contribution in [3.63, 3.8) is 0 Å². The molecule has 2 atom stereocenters. The van der Waals surface area contributed by atoms with Crippen LogP contribution in [0.3, 0.4) is 0 Å². The number of aryl methyl sites for hydroxylation is 1. The molecule has 1 rings (SSSR count). The number of rotatable bonds is 5. The molecule has 0 saturated carbocycles. The molecule has 17 heavy (non-hydrogen) atoms. The van der Waals surface area contributed by atoms with Crippen LogP contribution in [0.5, 0.6) is 0 Å². The van der Waals surface area contributed by atoms with Crippen molar-refractivity contribution in [3.05, 3.63) is 35.1 Å². The molecule has 0 heterocycles. The third-order valence-corrected chi connectivity index (χ3v) is 2.78. The summed E-state index contributed by atoms with van der Waals surface area (Å²) in [6.07, 6.45) is 1.85. The summed E-state index contributed by atoms with van der Waals surface area (Å²) in [5.74, 6) is -0.331. The van der Waals surface area contributed by atoms with Gasteiger partial charge in [-0.25, -0.2) is 4.39 Å². The number of nitrogens with two attached hydrogens (primary N) is 1. The molecule has 2 nitrogen and oxygen atoms in total. The molecule has 0 amide bonds. The van der Waals surface area contributed by atoms with Crippen molar-refractivity contribution in [2.24, 2.45) is 5.73 Å². The van der Waals surface area contributed by atoms with Gasteiger partial charge in [0.05, 0.1) is 12.1 Å². The maximum Gasteiger partial charge on any atom is 0.128 e. The van der Waals surface area contributed by atoms with E-state index in [1.54, 1.807) is 6.07 Å². The summed E-state index contributed by atoms with van der Waals surface area (Å²) in [6, 6.07) is 4.28. The lowest BCUT2D eigenvalue weighted by Crippen LogP contribution is -2.27. The molecular formula is C13H21ClFNO. The number of hydrogen-bond donors (Lipinski definition) is 2. The lowest BCUT2D eigenvalue weighted by atomic mass is 9.97. The quantitative estimate of drug-likeness (QED) is 0.856. The predicted molar refractivity (Wildman–Crippen MR) is 70.8 cm³/mol. The van der Waals surface area contributed by atoms with Gasteiger partial charge in [0.1, 0.15) is 5.82 Å². The highest BCUT2D eigenvalue weighted by Gasteiger charge is 2.19. The van der Waals surface area contributed by atoms with Gasteiger partial charge in [-0.1, -0.05) is 31.9 Å². The van der Waals surface area contributed by atoms with E-state index in [2.05, 4.69) is 0 Å².